The molecule has 34 heavy (non-hydrogen) atoms. The summed E-state index contributed by atoms with van der Waals surface area (Å²) in [7, 11) is 1.83. The summed E-state index contributed by atoms with van der Waals surface area (Å²) < 4.78 is 6.54. The molecule has 2 aliphatic carbocycles. The number of carbonyl (C=O) groups excluding carboxylic acids is 1. The molecule has 2 aromatic rings. The van der Waals surface area contributed by atoms with Gasteiger partial charge in [-0.3, -0.25) is 9.69 Å². The van der Waals surface area contributed by atoms with Gasteiger partial charge in [0.15, 0.2) is 11.5 Å². The van der Waals surface area contributed by atoms with Gasteiger partial charge < -0.3 is 19.8 Å². The topological polar surface area (TPSA) is 73.2 Å². The van der Waals surface area contributed by atoms with Crippen LogP contribution in [0.4, 0.5) is 0 Å². The number of rotatable bonds is 5. The summed E-state index contributed by atoms with van der Waals surface area (Å²) in [5.41, 5.74) is 0.463. The van der Waals surface area contributed by atoms with Crippen LogP contribution < -0.4 is 4.74 Å². The van der Waals surface area contributed by atoms with E-state index < -0.39 is 17.1 Å². The maximum Gasteiger partial charge on any atom is 0.246 e. The highest BCUT2D eigenvalue weighted by Crippen LogP contribution is 2.65. The van der Waals surface area contributed by atoms with Gasteiger partial charge >= 0.3 is 0 Å². The fourth-order valence-electron chi connectivity index (χ4n) is 7.21. The van der Waals surface area contributed by atoms with Gasteiger partial charge in [-0.15, -0.1) is 17.9 Å². The third kappa shape index (κ3) is 2.78. The Balaban J connectivity index is 1.41. The molecule has 2 N–H and O–H groups in total. The number of phenols is 1. The van der Waals surface area contributed by atoms with Gasteiger partial charge in [-0.25, -0.2) is 0 Å². The second-order valence-corrected chi connectivity index (χ2v) is 11.0. The summed E-state index contributed by atoms with van der Waals surface area (Å²) in [6, 6.07) is 7.38. The molecule has 1 aromatic carbocycles. The molecule has 0 radical (unpaired) electrons. The number of carbonyl (C=O) groups is 1. The van der Waals surface area contributed by atoms with E-state index in [4.69, 9.17) is 4.74 Å². The van der Waals surface area contributed by atoms with Crippen molar-refractivity contribution in [2.24, 2.45) is 0 Å². The first-order chi connectivity index (χ1) is 16.4. The molecule has 178 valence electrons. The van der Waals surface area contributed by atoms with E-state index >= 15 is 0 Å². The van der Waals surface area contributed by atoms with E-state index in [1.165, 1.54) is 0 Å². The molecule has 3 heterocycles. The summed E-state index contributed by atoms with van der Waals surface area (Å²) in [5, 5.41) is 25.1. The smallest absolute Gasteiger partial charge is 0.246 e. The molecule has 5 atom stereocenters. The Morgan fingerprint density at radius 1 is 1.38 bits per heavy atom. The van der Waals surface area contributed by atoms with Crippen molar-refractivity contribution < 1.29 is 19.7 Å². The van der Waals surface area contributed by atoms with E-state index in [9.17, 15) is 15.0 Å². The van der Waals surface area contributed by atoms with Crippen molar-refractivity contribution in [3.05, 3.63) is 64.4 Å². The van der Waals surface area contributed by atoms with Gasteiger partial charge in [-0.2, -0.15) is 0 Å². The predicted octanol–water partition coefficient (Wildman–Crippen LogP) is 3.33. The summed E-state index contributed by atoms with van der Waals surface area (Å²) >= 11 is 1.59. The highest BCUT2D eigenvalue weighted by Gasteiger charge is 2.73. The van der Waals surface area contributed by atoms with E-state index in [0.717, 1.165) is 29.1 Å². The first-order valence-electron chi connectivity index (χ1n) is 12.0. The molecular formula is C27H30N2O4S. The molecule has 6 nitrogen and oxygen atoms in total. The number of nitrogens with zero attached hydrogens (tertiary/aromatic N) is 2. The second-order valence-electron chi connectivity index (χ2n) is 10.0. The van der Waals surface area contributed by atoms with Gasteiger partial charge in [0.05, 0.1) is 17.1 Å². The van der Waals surface area contributed by atoms with Crippen LogP contribution in [0, 0.1) is 0 Å². The summed E-state index contributed by atoms with van der Waals surface area (Å²) in [6.07, 6.45) is 7.60. The van der Waals surface area contributed by atoms with Gasteiger partial charge in [0.1, 0.15) is 6.10 Å². The number of aromatic hydroxyl groups is 1. The minimum Gasteiger partial charge on any atom is -0.504 e. The lowest BCUT2D eigenvalue weighted by molar-refractivity contribution is -0.198. The lowest BCUT2D eigenvalue weighted by atomic mass is 9.48. The van der Waals surface area contributed by atoms with Crippen molar-refractivity contribution in [1.29, 1.82) is 0 Å². The number of likely N-dealkylation sites (tertiary alicyclic amines) is 1. The van der Waals surface area contributed by atoms with Crippen LogP contribution in [0.3, 0.4) is 0 Å². The Morgan fingerprint density at radius 2 is 2.24 bits per heavy atom. The van der Waals surface area contributed by atoms with Crippen LogP contribution in [0.5, 0.6) is 11.5 Å². The molecule has 0 unspecified atom stereocenters. The number of piperidine rings is 1. The molecule has 1 saturated heterocycles. The van der Waals surface area contributed by atoms with Crippen LogP contribution in [0.2, 0.25) is 0 Å². The number of thiophene rings is 1. The fraction of sp³-hybridized carbons (Fsp3) is 0.444. The van der Waals surface area contributed by atoms with Crippen molar-refractivity contribution in [1.82, 2.24) is 9.80 Å². The summed E-state index contributed by atoms with van der Waals surface area (Å²) in [5.74, 6) is 0.529. The molecule has 4 aliphatic rings. The lowest BCUT2D eigenvalue weighted by Gasteiger charge is -2.64. The standard InChI is InChI=1S/C27H30N2O4S/c1-3-13-29-14-12-26-23-17-6-8-20(30)24(23)33-25(26)19(10-11-27(26,32)21(29)16-17)28(2)22(31)9-7-18-5-4-15-34-18/h3-9,15,19,21,25,30,32H,1,10-14,16H2,2H3/b9-7+/t19-,21-,25+,26+,27-/m1/s1. The van der Waals surface area contributed by atoms with Crippen molar-refractivity contribution in [2.75, 3.05) is 20.1 Å². The third-order valence-corrected chi connectivity index (χ3v) is 9.52. The zero-order valence-corrected chi connectivity index (χ0v) is 20.1. The molecule has 7 heteroatoms. The molecular weight excluding hydrogens is 448 g/mol. The molecule has 2 bridgehead atoms. The molecule has 1 aromatic heterocycles. The highest BCUT2D eigenvalue weighted by atomic mass is 32.1. The number of amides is 1. The molecule has 1 spiro atoms. The van der Waals surface area contributed by atoms with Gasteiger partial charge in [-0.05, 0) is 61.4 Å². The van der Waals surface area contributed by atoms with Gasteiger partial charge in [0.25, 0.3) is 0 Å². The lowest BCUT2D eigenvalue weighted by Crippen LogP contribution is -2.78. The fourth-order valence-corrected chi connectivity index (χ4v) is 7.82. The maximum atomic E-state index is 13.2. The third-order valence-electron chi connectivity index (χ3n) is 8.68. The molecule has 1 saturated carbocycles. The van der Waals surface area contributed by atoms with Crippen LogP contribution >= 0.6 is 11.3 Å². The quantitative estimate of drug-likeness (QED) is 0.510. The number of likely N-dealkylation sites (N-methyl/N-ethyl adjacent to an activating group) is 1. The molecule has 1 amide bonds. The van der Waals surface area contributed by atoms with E-state index in [0.29, 0.717) is 31.4 Å². The van der Waals surface area contributed by atoms with Crippen molar-refractivity contribution in [3.63, 3.8) is 0 Å². The van der Waals surface area contributed by atoms with Crippen LogP contribution in [0.25, 0.3) is 6.08 Å². The van der Waals surface area contributed by atoms with Crippen LogP contribution in [0.15, 0.2) is 48.4 Å². The molecule has 2 aliphatic heterocycles. The van der Waals surface area contributed by atoms with Crippen molar-refractivity contribution in [3.8, 4) is 11.5 Å². The zero-order valence-electron chi connectivity index (χ0n) is 19.3. The Bertz CT molecular complexity index is 1180. The Kier molecular flexibility index (Phi) is 4.96. The second kappa shape index (κ2) is 7.70. The Hall–Kier alpha value is -2.61. The average molecular weight is 479 g/mol. The normalized spacial score (nSPS) is 33.4. The van der Waals surface area contributed by atoms with Gasteiger partial charge in [-0.1, -0.05) is 18.2 Å². The average Bonchev–Trinajstić information content (AvgIpc) is 3.46. The van der Waals surface area contributed by atoms with Crippen LogP contribution in [0.1, 0.15) is 35.3 Å². The highest BCUT2D eigenvalue weighted by molar-refractivity contribution is 7.10. The number of benzene rings is 1. The number of ether oxygens (including phenoxy) is 1. The van der Waals surface area contributed by atoms with Crippen molar-refractivity contribution in [2.45, 2.75) is 54.9 Å². The van der Waals surface area contributed by atoms with E-state index in [1.807, 2.05) is 42.8 Å². The maximum absolute atomic E-state index is 13.2. The Labute approximate surface area is 203 Å². The first-order valence-corrected chi connectivity index (χ1v) is 12.9. The van der Waals surface area contributed by atoms with E-state index in [-0.39, 0.29) is 23.7 Å². The predicted molar refractivity (Wildman–Crippen MR) is 132 cm³/mol. The number of phenolic OH excluding ortho intramolecular Hbond substituents is 1. The van der Waals surface area contributed by atoms with Crippen LogP contribution in [-0.4, -0.2) is 69.8 Å². The minimum absolute atomic E-state index is 0.0472. The van der Waals surface area contributed by atoms with Crippen molar-refractivity contribution >= 4 is 23.3 Å². The minimum atomic E-state index is -0.988. The largest absolute Gasteiger partial charge is 0.504 e. The first kappa shape index (κ1) is 21.9. The summed E-state index contributed by atoms with van der Waals surface area (Å²) in [6.45, 7) is 5.47. The van der Waals surface area contributed by atoms with E-state index in [1.54, 1.807) is 28.4 Å². The zero-order chi connectivity index (χ0) is 23.7. The number of aliphatic hydroxyl groups is 1. The Morgan fingerprint density at radius 3 is 3.00 bits per heavy atom. The SMILES string of the molecule is C=CCN1CC[C@]23c4c5ccc(O)c4O[C@H]2[C@H](N(C)C(=O)/C=C/c2cccs2)CC[C@@]3(O)[C@H]1C5. The summed E-state index contributed by atoms with van der Waals surface area (Å²) in [4.78, 5) is 18.3. The monoisotopic (exact) mass is 478 g/mol. The molecule has 2 fully saturated rings. The number of hydrogen-bond donors (Lipinski definition) is 2. The van der Waals surface area contributed by atoms with Gasteiger partial charge in [0, 0.05) is 36.2 Å². The van der Waals surface area contributed by atoms with Gasteiger partial charge in [0.2, 0.25) is 5.91 Å². The van der Waals surface area contributed by atoms with Crippen LogP contribution in [-0.2, 0) is 16.6 Å². The number of hydrogen-bond acceptors (Lipinski definition) is 6. The molecule has 6 rings (SSSR count). The van der Waals surface area contributed by atoms with E-state index in [2.05, 4.69) is 11.5 Å².